The second-order valence-electron chi connectivity index (χ2n) is 8.78. The Balaban J connectivity index is 1.42. The zero-order chi connectivity index (χ0) is 21.6. The van der Waals surface area contributed by atoms with Crippen LogP contribution in [0.5, 0.6) is 0 Å². The fourth-order valence-corrected chi connectivity index (χ4v) is 5.25. The lowest BCUT2D eigenvalue weighted by Crippen LogP contribution is -2.24. The smallest absolute Gasteiger partial charge is 0.0681 e. The van der Waals surface area contributed by atoms with E-state index < -0.39 is 0 Å². The first kappa shape index (κ1) is 19.8. The molecule has 0 fully saturated rings. The fourth-order valence-electron chi connectivity index (χ4n) is 4.34. The predicted molar refractivity (Wildman–Crippen MR) is 137 cm³/mol. The Morgan fingerprint density at radius 3 is 2.39 bits per heavy atom. The monoisotopic (exact) mass is 422 g/mol. The molecule has 0 N–H and O–H groups in total. The van der Waals surface area contributed by atoms with E-state index in [1.165, 1.54) is 37.3 Å². The number of anilines is 1. The van der Waals surface area contributed by atoms with Crippen molar-refractivity contribution >= 4 is 45.3 Å². The third-order valence-electron chi connectivity index (χ3n) is 6.11. The molecule has 2 heterocycles. The van der Waals surface area contributed by atoms with Gasteiger partial charge in [-0.3, -0.25) is 4.99 Å². The maximum atomic E-state index is 4.99. The lowest BCUT2D eigenvalue weighted by Gasteiger charge is -2.22. The minimum atomic E-state index is -0.116. The zero-order valence-electron chi connectivity index (χ0n) is 18.4. The van der Waals surface area contributed by atoms with Gasteiger partial charge in [-0.2, -0.15) is 0 Å². The Morgan fingerprint density at radius 1 is 0.839 bits per heavy atom. The second kappa shape index (κ2) is 7.51. The van der Waals surface area contributed by atoms with Crippen LogP contribution in [0.4, 0.5) is 11.4 Å². The van der Waals surface area contributed by atoms with Crippen LogP contribution >= 0.6 is 11.3 Å². The third kappa shape index (κ3) is 3.49. The predicted octanol–water partition coefficient (Wildman–Crippen LogP) is 7.71. The van der Waals surface area contributed by atoms with E-state index in [4.69, 9.17) is 4.99 Å². The lowest BCUT2D eigenvalue weighted by atomic mass is 9.79. The topological polar surface area (TPSA) is 15.6 Å². The van der Waals surface area contributed by atoms with Crippen molar-refractivity contribution in [3.63, 3.8) is 0 Å². The minimum Gasteiger partial charge on any atom is -0.378 e. The van der Waals surface area contributed by atoms with Crippen molar-refractivity contribution in [3.8, 4) is 10.4 Å². The first-order valence-corrected chi connectivity index (χ1v) is 11.4. The molecule has 0 saturated heterocycles. The molecule has 0 atom stereocenters. The highest BCUT2D eigenvalue weighted by Gasteiger charge is 2.34. The van der Waals surface area contributed by atoms with Crippen molar-refractivity contribution < 1.29 is 0 Å². The van der Waals surface area contributed by atoms with E-state index >= 15 is 0 Å². The van der Waals surface area contributed by atoms with Crippen molar-refractivity contribution in [1.29, 1.82) is 0 Å². The molecule has 0 spiro atoms. The Labute approximate surface area is 188 Å². The van der Waals surface area contributed by atoms with Gasteiger partial charge in [0, 0.05) is 35.0 Å². The van der Waals surface area contributed by atoms with Crippen LogP contribution < -0.4 is 4.90 Å². The first-order valence-electron chi connectivity index (χ1n) is 10.6. The molecule has 0 amide bonds. The van der Waals surface area contributed by atoms with Gasteiger partial charge < -0.3 is 4.90 Å². The van der Waals surface area contributed by atoms with E-state index in [0.29, 0.717) is 0 Å². The van der Waals surface area contributed by atoms with Gasteiger partial charge in [-0.25, -0.2) is 0 Å². The largest absolute Gasteiger partial charge is 0.378 e. The van der Waals surface area contributed by atoms with Crippen molar-refractivity contribution in [3.05, 3.63) is 89.3 Å². The van der Waals surface area contributed by atoms with Crippen molar-refractivity contribution in [2.75, 3.05) is 19.0 Å². The summed E-state index contributed by atoms with van der Waals surface area (Å²) in [5, 5.41) is 2.58. The number of thiophene rings is 1. The molecule has 0 radical (unpaired) electrons. The van der Waals surface area contributed by atoms with Gasteiger partial charge in [-0.15, -0.1) is 11.3 Å². The Bertz CT molecular complexity index is 1320. The maximum absolute atomic E-state index is 4.99. The number of benzene rings is 3. The highest BCUT2D eigenvalue weighted by Crippen LogP contribution is 2.44. The molecule has 4 aromatic rings. The number of hydrogen-bond acceptors (Lipinski definition) is 3. The molecule has 1 aromatic heterocycles. The van der Waals surface area contributed by atoms with Gasteiger partial charge in [0.1, 0.15) is 0 Å². The van der Waals surface area contributed by atoms with Gasteiger partial charge in [0.15, 0.2) is 0 Å². The van der Waals surface area contributed by atoms with Crippen LogP contribution in [0.2, 0.25) is 0 Å². The SMILES string of the molecule is CN(C)c1ccc(-c2ccc(C=CC3=Nc4ccc5ccccc5c4C3(C)C)s2)cc1. The molecule has 3 aromatic carbocycles. The summed E-state index contributed by atoms with van der Waals surface area (Å²) in [6.45, 7) is 4.56. The quantitative estimate of drug-likeness (QED) is 0.329. The summed E-state index contributed by atoms with van der Waals surface area (Å²) in [4.78, 5) is 9.64. The third-order valence-corrected chi connectivity index (χ3v) is 7.21. The number of allylic oxidation sites excluding steroid dienone is 1. The second-order valence-corrected chi connectivity index (χ2v) is 9.89. The van der Waals surface area contributed by atoms with Crippen LogP contribution in [0.1, 0.15) is 24.3 Å². The van der Waals surface area contributed by atoms with E-state index in [9.17, 15) is 0 Å². The molecule has 1 aliphatic heterocycles. The number of hydrogen-bond donors (Lipinski definition) is 0. The first-order chi connectivity index (χ1) is 14.9. The average molecular weight is 423 g/mol. The molecule has 31 heavy (non-hydrogen) atoms. The summed E-state index contributed by atoms with van der Waals surface area (Å²) in [7, 11) is 4.13. The standard InChI is InChI=1S/C28H26N2S/c1-28(2)26(29-24-16-11-19-7-5-6-8-23(19)27(24)28)18-15-22-14-17-25(31-22)20-9-12-21(13-10-20)30(3)4/h5-18H,1-4H3. The van der Waals surface area contributed by atoms with Crippen LogP contribution in [0.25, 0.3) is 27.3 Å². The molecule has 0 aliphatic carbocycles. The molecule has 0 unspecified atom stereocenters. The van der Waals surface area contributed by atoms with Crippen LogP contribution in [0, 0.1) is 0 Å². The Kier molecular flexibility index (Phi) is 4.79. The van der Waals surface area contributed by atoms with Crippen LogP contribution in [0.3, 0.4) is 0 Å². The van der Waals surface area contributed by atoms with Crippen LogP contribution in [0.15, 0.2) is 83.9 Å². The molecule has 0 bridgehead atoms. The molecule has 5 rings (SSSR count). The molecule has 3 heteroatoms. The normalized spacial score (nSPS) is 14.8. The van der Waals surface area contributed by atoms with E-state index in [1.807, 2.05) is 11.3 Å². The molecular formula is C28H26N2S. The molecule has 154 valence electrons. The van der Waals surface area contributed by atoms with Crippen molar-refractivity contribution in [2.24, 2.45) is 4.99 Å². The number of fused-ring (bicyclic) bond motifs is 3. The van der Waals surface area contributed by atoms with Crippen molar-refractivity contribution in [2.45, 2.75) is 19.3 Å². The van der Waals surface area contributed by atoms with E-state index in [0.717, 1.165) is 11.4 Å². The summed E-state index contributed by atoms with van der Waals surface area (Å²) < 4.78 is 0. The Hall–Kier alpha value is -3.17. The van der Waals surface area contributed by atoms with Gasteiger partial charge in [0.25, 0.3) is 0 Å². The lowest BCUT2D eigenvalue weighted by molar-refractivity contribution is 0.747. The number of nitrogens with zero attached hydrogens (tertiary/aromatic N) is 2. The molecule has 1 aliphatic rings. The van der Waals surface area contributed by atoms with Crippen LogP contribution in [-0.4, -0.2) is 19.8 Å². The Morgan fingerprint density at radius 2 is 1.61 bits per heavy atom. The van der Waals surface area contributed by atoms with E-state index in [-0.39, 0.29) is 5.41 Å². The van der Waals surface area contributed by atoms with Crippen molar-refractivity contribution in [1.82, 2.24) is 0 Å². The van der Waals surface area contributed by atoms with Gasteiger partial charge >= 0.3 is 0 Å². The maximum Gasteiger partial charge on any atom is 0.0681 e. The fraction of sp³-hybridized carbons (Fsp3) is 0.179. The average Bonchev–Trinajstić information content (AvgIpc) is 3.34. The van der Waals surface area contributed by atoms with Gasteiger partial charge in [-0.05, 0) is 64.4 Å². The molecule has 0 saturated carbocycles. The van der Waals surface area contributed by atoms with E-state index in [2.05, 4.69) is 118 Å². The minimum absolute atomic E-state index is 0.116. The van der Waals surface area contributed by atoms with Crippen LogP contribution in [-0.2, 0) is 5.41 Å². The summed E-state index contributed by atoms with van der Waals surface area (Å²) in [6.07, 6.45) is 4.40. The highest BCUT2D eigenvalue weighted by atomic mass is 32.1. The molecular weight excluding hydrogens is 396 g/mol. The number of aliphatic imine (C=N–C) groups is 1. The molecule has 2 nitrogen and oxygen atoms in total. The summed E-state index contributed by atoms with van der Waals surface area (Å²) >= 11 is 1.81. The zero-order valence-corrected chi connectivity index (χ0v) is 19.2. The van der Waals surface area contributed by atoms with Gasteiger partial charge in [0.05, 0.1) is 11.4 Å². The highest BCUT2D eigenvalue weighted by molar-refractivity contribution is 7.16. The summed E-state index contributed by atoms with van der Waals surface area (Å²) in [5.41, 5.74) is 5.90. The summed E-state index contributed by atoms with van der Waals surface area (Å²) in [5.74, 6) is 0. The number of rotatable bonds is 4. The van der Waals surface area contributed by atoms with E-state index in [1.54, 1.807) is 0 Å². The summed E-state index contributed by atoms with van der Waals surface area (Å²) in [6, 6.07) is 26.1. The van der Waals surface area contributed by atoms with Gasteiger partial charge in [0.2, 0.25) is 0 Å². The van der Waals surface area contributed by atoms with Gasteiger partial charge in [-0.1, -0.05) is 56.3 Å².